The van der Waals surface area contributed by atoms with Gasteiger partial charge >= 0.3 is 0 Å². The standard InChI is InChI=1S/C14H21N3/c1-4-9-15-10-14-16-12-7-5-6-8-13(12)17(14)11(2)3/h5-8,11,15H,4,9-10H2,1-3H3. The van der Waals surface area contributed by atoms with E-state index < -0.39 is 0 Å². The summed E-state index contributed by atoms with van der Waals surface area (Å²) in [7, 11) is 0. The second-order valence-corrected chi connectivity index (χ2v) is 4.66. The zero-order chi connectivity index (χ0) is 12.3. The quantitative estimate of drug-likeness (QED) is 0.801. The average molecular weight is 231 g/mol. The van der Waals surface area contributed by atoms with E-state index in [1.165, 1.54) is 5.52 Å². The zero-order valence-electron chi connectivity index (χ0n) is 10.9. The van der Waals surface area contributed by atoms with Crippen molar-refractivity contribution in [1.82, 2.24) is 14.9 Å². The molecule has 0 aliphatic rings. The van der Waals surface area contributed by atoms with Crippen LogP contribution in [0.3, 0.4) is 0 Å². The first-order valence-corrected chi connectivity index (χ1v) is 6.40. The molecule has 1 N–H and O–H groups in total. The van der Waals surface area contributed by atoms with Crippen molar-refractivity contribution in [3.8, 4) is 0 Å². The molecule has 0 fully saturated rings. The topological polar surface area (TPSA) is 29.9 Å². The van der Waals surface area contributed by atoms with E-state index in [0.717, 1.165) is 30.9 Å². The zero-order valence-corrected chi connectivity index (χ0v) is 10.9. The number of benzene rings is 1. The Hall–Kier alpha value is -1.35. The smallest absolute Gasteiger partial charge is 0.124 e. The molecule has 0 saturated heterocycles. The van der Waals surface area contributed by atoms with Crippen LogP contribution in [-0.2, 0) is 6.54 Å². The van der Waals surface area contributed by atoms with Crippen molar-refractivity contribution < 1.29 is 0 Å². The van der Waals surface area contributed by atoms with Crippen LogP contribution in [0.4, 0.5) is 0 Å². The summed E-state index contributed by atoms with van der Waals surface area (Å²) in [6.45, 7) is 8.48. The van der Waals surface area contributed by atoms with Crippen molar-refractivity contribution in [2.45, 2.75) is 39.8 Å². The van der Waals surface area contributed by atoms with Gasteiger partial charge in [-0.2, -0.15) is 0 Å². The Labute approximate surface area is 103 Å². The maximum absolute atomic E-state index is 4.71. The summed E-state index contributed by atoms with van der Waals surface area (Å²) in [6.07, 6.45) is 1.15. The van der Waals surface area contributed by atoms with Gasteiger partial charge < -0.3 is 9.88 Å². The van der Waals surface area contributed by atoms with E-state index in [9.17, 15) is 0 Å². The predicted octanol–water partition coefficient (Wildman–Crippen LogP) is 3.12. The monoisotopic (exact) mass is 231 g/mol. The van der Waals surface area contributed by atoms with Gasteiger partial charge in [-0.3, -0.25) is 0 Å². The van der Waals surface area contributed by atoms with E-state index >= 15 is 0 Å². The Kier molecular flexibility index (Phi) is 3.79. The molecule has 0 radical (unpaired) electrons. The van der Waals surface area contributed by atoms with Crippen molar-refractivity contribution in [3.63, 3.8) is 0 Å². The van der Waals surface area contributed by atoms with Gasteiger partial charge in [0.15, 0.2) is 0 Å². The van der Waals surface area contributed by atoms with Crippen molar-refractivity contribution in [2.24, 2.45) is 0 Å². The third kappa shape index (κ3) is 2.50. The van der Waals surface area contributed by atoms with Crippen molar-refractivity contribution in [2.75, 3.05) is 6.54 Å². The number of aromatic nitrogens is 2. The molecule has 0 bridgehead atoms. The molecular formula is C14H21N3. The molecular weight excluding hydrogens is 210 g/mol. The molecule has 0 unspecified atom stereocenters. The highest BCUT2D eigenvalue weighted by Gasteiger charge is 2.11. The number of nitrogens with one attached hydrogen (secondary N) is 1. The van der Waals surface area contributed by atoms with Crippen LogP contribution in [-0.4, -0.2) is 16.1 Å². The lowest BCUT2D eigenvalue weighted by Crippen LogP contribution is -2.18. The van der Waals surface area contributed by atoms with Gasteiger partial charge in [0.2, 0.25) is 0 Å². The molecule has 1 aromatic heterocycles. The van der Waals surface area contributed by atoms with Gasteiger partial charge in [0, 0.05) is 6.04 Å². The minimum Gasteiger partial charge on any atom is -0.324 e. The number of hydrogen-bond donors (Lipinski definition) is 1. The van der Waals surface area contributed by atoms with E-state index in [1.54, 1.807) is 0 Å². The maximum Gasteiger partial charge on any atom is 0.124 e. The molecule has 92 valence electrons. The van der Waals surface area contributed by atoms with Crippen molar-refractivity contribution in [3.05, 3.63) is 30.1 Å². The summed E-state index contributed by atoms with van der Waals surface area (Å²) < 4.78 is 2.32. The van der Waals surface area contributed by atoms with E-state index in [4.69, 9.17) is 4.98 Å². The number of fused-ring (bicyclic) bond motifs is 1. The fourth-order valence-corrected chi connectivity index (χ4v) is 2.17. The van der Waals surface area contributed by atoms with Gasteiger partial charge in [-0.25, -0.2) is 4.98 Å². The van der Waals surface area contributed by atoms with Crippen LogP contribution in [0.2, 0.25) is 0 Å². The molecule has 2 aromatic rings. The first-order valence-electron chi connectivity index (χ1n) is 6.40. The number of nitrogens with zero attached hydrogens (tertiary/aromatic N) is 2. The second kappa shape index (κ2) is 5.32. The fourth-order valence-electron chi connectivity index (χ4n) is 2.17. The van der Waals surface area contributed by atoms with Gasteiger partial charge in [0.25, 0.3) is 0 Å². The number of rotatable bonds is 5. The summed E-state index contributed by atoms with van der Waals surface area (Å²) in [5.41, 5.74) is 2.32. The van der Waals surface area contributed by atoms with E-state index in [2.05, 4.69) is 48.9 Å². The Morgan fingerprint density at radius 3 is 2.76 bits per heavy atom. The van der Waals surface area contributed by atoms with Crippen LogP contribution in [0.1, 0.15) is 39.1 Å². The minimum absolute atomic E-state index is 0.445. The number of imidazole rings is 1. The van der Waals surface area contributed by atoms with Crippen LogP contribution in [0.5, 0.6) is 0 Å². The van der Waals surface area contributed by atoms with E-state index in [1.807, 2.05) is 6.07 Å². The van der Waals surface area contributed by atoms with Crippen LogP contribution in [0.15, 0.2) is 24.3 Å². The molecule has 0 aliphatic carbocycles. The summed E-state index contributed by atoms with van der Waals surface area (Å²) in [5, 5.41) is 3.42. The number of hydrogen-bond acceptors (Lipinski definition) is 2. The SMILES string of the molecule is CCCNCc1nc2ccccc2n1C(C)C. The first kappa shape index (κ1) is 12.1. The molecule has 0 atom stereocenters. The predicted molar refractivity (Wildman–Crippen MR) is 72.1 cm³/mol. The van der Waals surface area contributed by atoms with Gasteiger partial charge in [0.1, 0.15) is 5.82 Å². The molecule has 1 heterocycles. The summed E-state index contributed by atoms with van der Waals surface area (Å²) in [6, 6.07) is 8.79. The molecule has 3 nitrogen and oxygen atoms in total. The van der Waals surface area contributed by atoms with Gasteiger partial charge in [-0.05, 0) is 38.9 Å². The molecule has 0 spiro atoms. The van der Waals surface area contributed by atoms with Crippen LogP contribution in [0.25, 0.3) is 11.0 Å². The third-order valence-corrected chi connectivity index (χ3v) is 2.90. The van der Waals surface area contributed by atoms with Crippen LogP contribution >= 0.6 is 0 Å². The van der Waals surface area contributed by atoms with Crippen molar-refractivity contribution in [1.29, 1.82) is 0 Å². The summed E-state index contributed by atoms with van der Waals surface area (Å²) >= 11 is 0. The molecule has 0 saturated carbocycles. The Morgan fingerprint density at radius 2 is 2.06 bits per heavy atom. The third-order valence-electron chi connectivity index (χ3n) is 2.90. The van der Waals surface area contributed by atoms with Gasteiger partial charge in [-0.1, -0.05) is 19.1 Å². The van der Waals surface area contributed by atoms with E-state index in [0.29, 0.717) is 6.04 Å². The summed E-state index contributed by atoms with van der Waals surface area (Å²) in [4.78, 5) is 4.71. The first-order chi connectivity index (χ1) is 8.24. The lowest BCUT2D eigenvalue weighted by molar-refractivity contribution is 0.553. The Bertz CT molecular complexity index is 485. The van der Waals surface area contributed by atoms with Gasteiger partial charge in [-0.15, -0.1) is 0 Å². The van der Waals surface area contributed by atoms with E-state index in [-0.39, 0.29) is 0 Å². The lowest BCUT2D eigenvalue weighted by atomic mass is 10.3. The fraction of sp³-hybridized carbons (Fsp3) is 0.500. The highest BCUT2D eigenvalue weighted by atomic mass is 15.1. The van der Waals surface area contributed by atoms with Crippen LogP contribution in [0, 0.1) is 0 Å². The Balaban J connectivity index is 2.36. The largest absolute Gasteiger partial charge is 0.324 e. The highest BCUT2D eigenvalue weighted by molar-refractivity contribution is 5.76. The normalized spacial score (nSPS) is 11.5. The second-order valence-electron chi connectivity index (χ2n) is 4.66. The molecule has 2 rings (SSSR count). The number of para-hydroxylation sites is 2. The molecule has 17 heavy (non-hydrogen) atoms. The average Bonchev–Trinajstić information content (AvgIpc) is 2.67. The highest BCUT2D eigenvalue weighted by Crippen LogP contribution is 2.20. The minimum atomic E-state index is 0.445. The Morgan fingerprint density at radius 1 is 1.29 bits per heavy atom. The lowest BCUT2D eigenvalue weighted by Gasteiger charge is -2.13. The van der Waals surface area contributed by atoms with Crippen molar-refractivity contribution >= 4 is 11.0 Å². The van der Waals surface area contributed by atoms with Crippen LogP contribution < -0.4 is 5.32 Å². The molecule has 0 aliphatic heterocycles. The molecule has 0 amide bonds. The molecule has 3 heteroatoms. The molecule has 1 aromatic carbocycles. The summed E-state index contributed by atoms with van der Waals surface area (Å²) in [5.74, 6) is 1.13. The maximum atomic E-state index is 4.71. The van der Waals surface area contributed by atoms with Gasteiger partial charge in [0.05, 0.1) is 17.6 Å².